The topological polar surface area (TPSA) is 144 Å². The van der Waals surface area contributed by atoms with Crippen molar-refractivity contribution in [2.24, 2.45) is 0 Å². The maximum atomic E-state index is 13.2. The molecule has 2 aromatic carbocycles. The van der Waals surface area contributed by atoms with Crippen LogP contribution in [-0.4, -0.2) is 31.1 Å². The first-order valence-corrected chi connectivity index (χ1v) is 11.2. The fourth-order valence-corrected chi connectivity index (χ4v) is 3.99. The highest BCUT2D eigenvalue weighted by Gasteiger charge is 2.20. The van der Waals surface area contributed by atoms with Crippen molar-refractivity contribution >= 4 is 16.8 Å². The minimum atomic E-state index is -0.522. The maximum absolute atomic E-state index is 13.2. The fraction of sp³-hybridized carbons (Fsp3) is 0.115. The van der Waals surface area contributed by atoms with Gasteiger partial charge in [-0.05, 0) is 24.6 Å². The molecule has 0 saturated carbocycles. The highest BCUT2D eigenvalue weighted by molar-refractivity contribution is 6.06. The van der Waals surface area contributed by atoms with E-state index in [1.165, 1.54) is 0 Å². The predicted molar refractivity (Wildman–Crippen MR) is 132 cm³/mol. The van der Waals surface area contributed by atoms with Crippen LogP contribution >= 0.6 is 0 Å². The summed E-state index contributed by atoms with van der Waals surface area (Å²) in [5.41, 5.74) is 9.23. The molecule has 3 heterocycles. The molecule has 0 aliphatic carbocycles. The van der Waals surface area contributed by atoms with E-state index < -0.39 is 11.7 Å². The molecule has 5 rings (SSSR count). The van der Waals surface area contributed by atoms with Crippen LogP contribution in [0.2, 0.25) is 0 Å². The Hall–Kier alpha value is -4.63. The van der Waals surface area contributed by atoms with Crippen molar-refractivity contribution in [1.29, 1.82) is 0 Å². The van der Waals surface area contributed by atoms with Gasteiger partial charge in [0.15, 0.2) is 5.82 Å². The van der Waals surface area contributed by atoms with Gasteiger partial charge in [-0.3, -0.25) is 14.8 Å². The van der Waals surface area contributed by atoms with Crippen molar-refractivity contribution in [3.8, 4) is 22.4 Å². The average Bonchev–Trinajstić information content (AvgIpc) is 3.34. The van der Waals surface area contributed by atoms with Crippen LogP contribution in [0, 0.1) is 0 Å². The van der Waals surface area contributed by atoms with Crippen molar-refractivity contribution in [1.82, 2.24) is 30.5 Å². The van der Waals surface area contributed by atoms with Gasteiger partial charge in [0.25, 0.3) is 5.91 Å². The smallest absolute Gasteiger partial charge is 0.340 e. The summed E-state index contributed by atoms with van der Waals surface area (Å²) in [6, 6.07) is 21.4. The average molecular weight is 467 g/mol. The van der Waals surface area contributed by atoms with Crippen LogP contribution < -0.4 is 16.7 Å². The van der Waals surface area contributed by atoms with Crippen molar-refractivity contribution in [3.63, 3.8) is 0 Å². The van der Waals surface area contributed by atoms with E-state index in [0.717, 1.165) is 27.9 Å². The molecule has 0 saturated heterocycles. The number of amides is 1. The van der Waals surface area contributed by atoms with E-state index in [1.807, 2.05) is 48.5 Å². The zero-order chi connectivity index (χ0) is 24.4. The van der Waals surface area contributed by atoms with Gasteiger partial charge in [0.2, 0.25) is 0 Å². The number of rotatable bonds is 6. The standard InChI is InChI=1S/C26H23N7O2/c1-15(24-31-26(35)33-32-24)29-25(34)23-20-13-19(17-5-3-2-4-6-17)22(30-21(20)11-12-28-23)18-9-7-16(14-27)8-10-18/h2-13,15H,14,27H2,1H3,(H,29,34)(H2,31,32,33,35)/p+1. The molecule has 1 atom stereocenters. The van der Waals surface area contributed by atoms with Crippen LogP contribution in [-0.2, 0) is 6.54 Å². The normalized spacial score (nSPS) is 11.9. The Morgan fingerprint density at radius 3 is 2.51 bits per heavy atom. The Morgan fingerprint density at radius 2 is 1.83 bits per heavy atom. The molecule has 1 unspecified atom stereocenters. The van der Waals surface area contributed by atoms with E-state index in [4.69, 9.17) is 4.98 Å². The second-order valence-electron chi connectivity index (χ2n) is 8.18. The highest BCUT2D eigenvalue weighted by Crippen LogP contribution is 2.34. The van der Waals surface area contributed by atoms with E-state index in [1.54, 1.807) is 19.2 Å². The Morgan fingerprint density at radius 1 is 1.06 bits per heavy atom. The van der Waals surface area contributed by atoms with E-state index in [0.29, 0.717) is 23.3 Å². The molecule has 9 heteroatoms. The molecule has 1 amide bonds. The van der Waals surface area contributed by atoms with Crippen LogP contribution in [0.25, 0.3) is 33.3 Å². The SMILES string of the molecule is CC(NC(=O)c1nccc2nc(-c3ccc(C[NH3+])cc3)c(-c3ccccc3)cc12)c1n[nH]c(=O)[nH]1. The van der Waals surface area contributed by atoms with Crippen LogP contribution in [0.5, 0.6) is 0 Å². The number of carbonyl (C=O) groups is 1. The molecule has 5 aromatic rings. The molecule has 0 fully saturated rings. The van der Waals surface area contributed by atoms with Gasteiger partial charge >= 0.3 is 5.69 Å². The summed E-state index contributed by atoms with van der Waals surface area (Å²) in [6.45, 7) is 2.45. The van der Waals surface area contributed by atoms with E-state index >= 15 is 0 Å². The molecule has 9 nitrogen and oxygen atoms in total. The van der Waals surface area contributed by atoms with Gasteiger partial charge in [-0.2, -0.15) is 5.10 Å². The number of pyridine rings is 2. The Kier molecular flexibility index (Phi) is 5.90. The summed E-state index contributed by atoms with van der Waals surface area (Å²) < 4.78 is 0. The molecule has 174 valence electrons. The number of benzene rings is 2. The zero-order valence-electron chi connectivity index (χ0n) is 19.1. The number of H-pyrrole nitrogens is 2. The van der Waals surface area contributed by atoms with E-state index in [-0.39, 0.29) is 11.6 Å². The summed E-state index contributed by atoms with van der Waals surface area (Å²) in [7, 11) is 0. The number of hydrogen-bond donors (Lipinski definition) is 4. The van der Waals surface area contributed by atoms with Crippen LogP contribution in [0.1, 0.15) is 34.8 Å². The molecule has 0 aliphatic heterocycles. The first-order valence-electron chi connectivity index (χ1n) is 11.2. The molecule has 35 heavy (non-hydrogen) atoms. The quantitative estimate of drug-likeness (QED) is 0.304. The lowest BCUT2D eigenvalue weighted by molar-refractivity contribution is -0.386. The molecule has 0 bridgehead atoms. The van der Waals surface area contributed by atoms with E-state index in [2.05, 4.69) is 43.3 Å². The van der Waals surface area contributed by atoms with Crippen LogP contribution in [0.3, 0.4) is 0 Å². The summed E-state index contributed by atoms with van der Waals surface area (Å²) in [4.78, 5) is 36.4. The summed E-state index contributed by atoms with van der Waals surface area (Å²) in [6.07, 6.45) is 1.57. The van der Waals surface area contributed by atoms with Crippen molar-refractivity contribution < 1.29 is 10.5 Å². The molecular weight excluding hydrogens is 442 g/mol. The van der Waals surface area contributed by atoms with Gasteiger partial charge in [-0.1, -0.05) is 54.6 Å². The number of aromatic amines is 2. The third kappa shape index (κ3) is 4.44. The molecular formula is C26H24N7O2+. The van der Waals surface area contributed by atoms with Crippen molar-refractivity contribution in [2.75, 3.05) is 0 Å². The molecule has 6 N–H and O–H groups in total. The van der Waals surface area contributed by atoms with Crippen molar-refractivity contribution in [3.05, 3.63) is 100 Å². The lowest BCUT2D eigenvalue weighted by atomic mass is 9.96. The van der Waals surface area contributed by atoms with Crippen molar-refractivity contribution in [2.45, 2.75) is 19.5 Å². The van der Waals surface area contributed by atoms with Gasteiger partial charge < -0.3 is 11.1 Å². The van der Waals surface area contributed by atoms with Crippen LogP contribution in [0.4, 0.5) is 0 Å². The predicted octanol–water partition coefficient (Wildman–Crippen LogP) is 2.61. The highest BCUT2D eigenvalue weighted by atomic mass is 16.2. The molecule has 0 spiro atoms. The zero-order valence-corrected chi connectivity index (χ0v) is 19.1. The van der Waals surface area contributed by atoms with Gasteiger partial charge in [0, 0.05) is 28.3 Å². The second-order valence-corrected chi connectivity index (χ2v) is 8.18. The third-order valence-corrected chi connectivity index (χ3v) is 5.84. The van der Waals surface area contributed by atoms with Crippen LogP contribution in [0.15, 0.2) is 77.7 Å². The number of carbonyl (C=O) groups excluding carboxylic acids is 1. The van der Waals surface area contributed by atoms with E-state index in [9.17, 15) is 9.59 Å². The fourth-order valence-electron chi connectivity index (χ4n) is 3.99. The monoisotopic (exact) mass is 466 g/mol. The molecule has 0 radical (unpaired) electrons. The summed E-state index contributed by atoms with van der Waals surface area (Å²) in [5, 5.41) is 9.67. The lowest BCUT2D eigenvalue weighted by Gasteiger charge is -2.15. The molecule has 3 aromatic heterocycles. The first kappa shape index (κ1) is 22.2. The Bertz CT molecular complexity index is 1560. The number of hydrogen-bond acceptors (Lipinski definition) is 5. The number of quaternary nitrogens is 1. The summed E-state index contributed by atoms with van der Waals surface area (Å²) >= 11 is 0. The minimum Gasteiger partial charge on any atom is -0.354 e. The van der Waals surface area contributed by atoms with Gasteiger partial charge in [0.05, 0.1) is 23.8 Å². The maximum Gasteiger partial charge on any atom is 0.340 e. The minimum absolute atomic E-state index is 0.246. The third-order valence-electron chi connectivity index (χ3n) is 5.84. The summed E-state index contributed by atoms with van der Waals surface area (Å²) in [5.74, 6) is -0.0555. The number of aromatic nitrogens is 5. The Balaban J connectivity index is 1.62. The van der Waals surface area contributed by atoms with Gasteiger partial charge in [-0.15, -0.1) is 0 Å². The number of nitrogens with zero attached hydrogens (tertiary/aromatic N) is 3. The van der Waals surface area contributed by atoms with Gasteiger partial charge in [-0.25, -0.2) is 14.9 Å². The first-order chi connectivity index (χ1) is 17.0. The lowest BCUT2D eigenvalue weighted by Crippen LogP contribution is -2.47. The number of nitrogens with one attached hydrogen (secondary N) is 3. The van der Waals surface area contributed by atoms with Gasteiger partial charge in [0.1, 0.15) is 5.69 Å². The second kappa shape index (κ2) is 9.32. The largest absolute Gasteiger partial charge is 0.354 e. The molecule has 0 aliphatic rings. The Labute approximate surface area is 200 Å². The number of fused-ring (bicyclic) bond motifs is 1.